The first kappa shape index (κ1) is 15.2. The maximum absolute atomic E-state index is 12.3. The molecular weight excluding hydrogens is 312 g/mol. The summed E-state index contributed by atoms with van der Waals surface area (Å²) < 4.78 is 5.61. The lowest BCUT2D eigenvalue weighted by Crippen LogP contribution is -2.12. The van der Waals surface area contributed by atoms with Gasteiger partial charge in [-0.05, 0) is 48.9 Å². The fraction of sp³-hybridized carbons (Fsp3) is 0.0556. The number of nitrogens with two attached hydrogens (primary N) is 1. The molecule has 2 aromatic carbocycles. The van der Waals surface area contributed by atoms with Gasteiger partial charge in [-0.1, -0.05) is 29.8 Å². The largest absolute Gasteiger partial charge is 0.451 e. The van der Waals surface area contributed by atoms with Gasteiger partial charge in [0.1, 0.15) is 5.76 Å². The number of hydrogen-bond acceptors (Lipinski definition) is 3. The third-order valence-corrected chi connectivity index (χ3v) is 3.75. The van der Waals surface area contributed by atoms with E-state index < -0.39 is 0 Å². The average Bonchev–Trinajstić information content (AvgIpc) is 3.00. The quantitative estimate of drug-likeness (QED) is 0.683. The maximum Gasteiger partial charge on any atom is 0.291 e. The second-order valence-electron chi connectivity index (χ2n) is 5.19. The van der Waals surface area contributed by atoms with Crippen molar-refractivity contribution in [2.24, 2.45) is 0 Å². The van der Waals surface area contributed by atoms with Gasteiger partial charge in [0.2, 0.25) is 0 Å². The molecule has 116 valence electrons. The first-order valence-corrected chi connectivity index (χ1v) is 7.44. The van der Waals surface area contributed by atoms with Crippen molar-refractivity contribution < 1.29 is 9.21 Å². The first-order chi connectivity index (χ1) is 11.0. The Morgan fingerprint density at radius 1 is 1.13 bits per heavy atom. The molecule has 3 N–H and O–H groups in total. The minimum atomic E-state index is -0.362. The van der Waals surface area contributed by atoms with Crippen LogP contribution in [0.2, 0.25) is 5.02 Å². The van der Waals surface area contributed by atoms with Gasteiger partial charge in [0.15, 0.2) is 5.76 Å². The summed E-state index contributed by atoms with van der Waals surface area (Å²) in [4.78, 5) is 12.3. The predicted octanol–water partition coefficient (Wildman–Crippen LogP) is 4.74. The van der Waals surface area contributed by atoms with E-state index in [1.165, 1.54) is 0 Å². The van der Waals surface area contributed by atoms with Crippen LogP contribution in [0.1, 0.15) is 16.1 Å². The Morgan fingerprint density at radius 2 is 1.91 bits per heavy atom. The van der Waals surface area contributed by atoms with E-state index in [0.29, 0.717) is 22.2 Å². The summed E-state index contributed by atoms with van der Waals surface area (Å²) in [5.74, 6) is 0.372. The Hall–Kier alpha value is -2.72. The van der Waals surface area contributed by atoms with Crippen molar-refractivity contribution in [2.75, 3.05) is 11.1 Å². The van der Waals surface area contributed by atoms with E-state index in [0.717, 1.165) is 11.1 Å². The standard InChI is InChI=1S/C18H15ClN2O2/c1-11-6-7-15(14(20)10-11)21-18(22)17-9-8-16(23-17)12-4-2-3-5-13(12)19/h2-10H,20H2,1H3,(H,21,22). The summed E-state index contributed by atoms with van der Waals surface area (Å²) in [6.45, 7) is 1.93. The highest BCUT2D eigenvalue weighted by Gasteiger charge is 2.14. The number of aryl methyl sites for hydroxylation is 1. The van der Waals surface area contributed by atoms with Crippen molar-refractivity contribution in [2.45, 2.75) is 6.92 Å². The molecule has 0 fully saturated rings. The topological polar surface area (TPSA) is 68.3 Å². The smallest absolute Gasteiger partial charge is 0.291 e. The molecule has 0 saturated carbocycles. The molecule has 0 aliphatic rings. The second kappa shape index (κ2) is 6.18. The minimum absolute atomic E-state index is 0.194. The number of nitrogen functional groups attached to an aromatic ring is 1. The van der Waals surface area contributed by atoms with E-state index in [9.17, 15) is 4.79 Å². The Labute approximate surface area is 138 Å². The monoisotopic (exact) mass is 326 g/mol. The number of anilines is 2. The van der Waals surface area contributed by atoms with Gasteiger partial charge >= 0.3 is 0 Å². The van der Waals surface area contributed by atoms with Crippen LogP contribution in [0.3, 0.4) is 0 Å². The Balaban J connectivity index is 1.83. The third-order valence-electron chi connectivity index (χ3n) is 3.42. The molecule has 0 bridgehead atoms. The second-order valence-corrected chi connectivity index (χ2v) is 5.60. The molecule has 5 heteroatoms. The number of rotatable bonds is 3. The van der Waals surface area contributed by atoms with Crippen molar-refractivity contribution >= 4 is 28.9 Å². The fourth-order valence-corrected chi connectivity index (χ4v) is 2.47. The number of furan rings is 1. The summed E-state index contributed by atoms with van der Waals surface area (Å²) in [7, 11) is 0. The van der Waals surface area contributed by atoms with E-state index in [1.54, 1.807) is 30.3 Å². The molecule has 0 aliphatic carbocycles. The molecule has 3 aromatic rings. The molecule has 0 atom stereocenters. The molecule has 1 heterocycles. The highest BCUT2D eigenvalue weighted by molar-refractivity contribution is 6.33. The molecular formula is C18H15ClN2O2. The Bertz CT molecular complexity index is 871. The Morgan fingerprint density at radius 3 is 2.65 bits per heavy atom. The summed E-state index contributed by atoms with van der Waals surface area (Å²) in [5.41, 5.74) is 8.73. The maximum atomic E-state index is 12.3. The van der Waals surface area contributed by atoms with Crippen LogP contribution in [-0.4, -0.2) is 5.91 Å². The van der Waals surface area contributed by atoms with E-state index in [4.69, 9.17) is 21.8 Å². The number of halogens is 1. The van der Waals surface area contributed by atoms with Gasteiger partial charge in [0, 0.05) is 5.56 Å². The summed E-state index contributed by atoms with van der Waals surface area (Å²) in [6.07, 6.45) is 0. The van der Waals surface area contributed by atoms with Gasteiger partial charge in [-0.3, -0.25) is 4.79 Å². The zero-order valence-electron chi connectivity index (χ0n) is 12.5. The van der Waals surface area contributed by atoms with Gasteiger partial charge in [0.25, 0.3) is 5.91 Å². The summed E-state index contributed by atoms with van der Waals surface area (Å²) in [5, 5.41) is 3.31. The lowest BCUT2D eigenvalue weighted by molar-refractivity contribution is 0.0997. The van der Waals surface area contributed by atoms with Crippen molar-refractivity contribution in [3.8, 4) is 11.3 Å². The number of nitrogens with one attached hydrogen (secondary N) is 1. The van der Waals surface area contributed by atoms with Gasteiger partial charge in [-0.25, -0.2) is 0 Å². The van der Waals surface area contributed by atoms with Crippen LogP contribution in [-0.2, 0) is 0 Å². The van der Waals surface area contributed by atoms with Crippen LogP contribution >= 0.6 is 11.6 Å². The van der Waals surface area contributed by atoms with E-state index in [2.05, 4.69) is 5.32 Å². The average molecular weight is 327 g/mol. The molecule has 0 saturated heterocycles. The zero-order chi connectivity index (χ0) is 16.4. The number of hydrogen-bond donors (Lipinski definition) is 2. The van der Waals surface area contributed by atoms with Crippen LogP contribution in [0.5, 0.6) is 0 Å². The molecule has 3 rings (SSSR count). The molecule has 1 amide bonds. The van der Waals surface area contributed by atoms with Crippen LogP contribution in [0, 0.1) is 6.92 Å². The van der Waals surface area contributed by atoms with Gasteiger partial charge < -0.3 is 15.5 Å². The molecule has 1 aromatic heterocycles. The lowest BCUT2D eigenvalue weighted by Gasteiger charge is -2.07. The fourth-order valence-electron chi connectivity index (χ4n) is 2.25. The minimum Gasteiger partial charge on any atom is -0.451 e. The summed E-state index contributed by atoms with van der Waals surface area (Å²) in [6, 6.07) is 16.1. The summed E-state index contributed by atoms with van der Waals surface area (Å²) >= 11 is 6.14. The number of carbonyl (C=O) groups excluding carboxylic acids is 1. The number of amides is 1. The highest BCUT2D eigenvalue weighted by atomic mass is 35.5. The van der Waals surface area contributed by atoms with E-state index >= 15 is 0 Å². The van der Waals surface area contributed by atoms with Crippen molar-refractivity contribution in [1.29, 1.82) is 0 Å². The van der Waals surface area contributed by atoms with Crippen LogP contribution in [0.4, 0.5) is 11.4 Å². The third kappa shape index (κ3) is 3.22. The van der Waals surface area contributed by atoms with Crippen molar-refractivity contribution in [3.05, 3.63) is 70.9 Å². The molecule has 4 nitrogen and oxygen atoms in total. The van der Waals surface area contributed by atoms with Crippen LogP contribution in [0.15, 0.2) is 59.0 Å². The number of benzene rings is 2. The Kier molecular flexibility index (Phi) is 4.08. The van der Waals surface area contributed by atoms with Gasteiger partial charge in [-0.2, -0.15) is 0 Å². The zero-order valence-corrected chi connectivity index (χ0v) is 13.2. The van der Waals surface area contributed by atoms with E-state index in [-0.39, 0.29) is 11.7 Å². The van der Waals surface area contributed by atoms with Crippen molar-refractivity contribution in [1.82, 2.24) is 0 Å². The molecule has 0 unspecified atom stereocenters. The SMILES string of the molecule is Cc1ccc(NC(=O)c2ccc(-c3ccccc3Cl)o2)c(N)c1. The molecule has 0 radical (unpaired) electrons. The van der Waals surface area contributed by atoms with Crippen LogP contribution < -0.4 is 11.1 Å². The molecule has 0 spiro atoms. The lowest BCUT2D eigenvalue weighted by atomic mass is 10.2. The van der Waals surface area contributed by atoms with Crippen molar-refractivity contribution in [3.63, 3.8) is 0 Å². The van der Waals surface area contributed by atoms with Gasteiger partial charge in [0.05, 0.1) is 16.4 Å². The van der Waals surface area contributed by atoms with Gasteiger partial charge in [-0.15, -0.1) is 0 Å². The number of carbonyl (C=O) groups is 1. The normalized spacial score (nSPS) is 10.5. The van der Waals surface area contributed by atoms with Crippen LogP contribution in [0.25, 0.3) is 11.3 Å². The first-order valence-electron chi connectivity index (χ1n) is 7.07. The molecule has 23 heavy (non-hydrogen) atoms. The highest BCUT2D eigenvalue weighted by Crippen LogP contribution is 2.29. The van der Waals surface area contributed by atoms with E-state index in [1.807, 2.05) is 31.2 Å². The predicted molar refractivity (Wildman–Crippen MR) is 92.7 cm³/mol. The molecule has 0 aliphatic heterocycles.